The van der Waals surface area contributed by atoms with E-state index in [1.54, 1.807) is 11.3 Å². The minimum Gasteiger partial charge on any atom is -0.126 e. The van der Waals surface area contributed by atoms with Crippen LogP contribution >= 0.6 is 11.3 Å². The molecule has 0 spiro atoms. The summed E-state index contributed by atoms with van der Waals surface area (Å²) in [6.07, 6.45) is 0. The van der Waals surface area contributed by atoms with Gasteiger partial charge in [-0.05, 0) is 31.2 Å². The third-order valence-corrected chi connectivity index (χ3v) is 3.50. The van der Waals surface area contributed by atoms with Gasteiger partial charge in [0.25, 0.3) is 0 Å². The molecule has 0 unspecified atom stereocenters. The lowest BCUT2D eigenvalue weighted by Gasteiger charge is -1.92. The Labute approximate surface area is 86.8 Å². The van der Waals surface area contributed by atoms with Gasteiger partial charge in [-0.15, -0.1) is 11.3 Å². The lowest BCUT2D eigenvalue weighted by molar-refractivity contribution is 1.52. The highest BCUT2D eigenvalue weighted by atomic mass is 32.1. The van der Waals surface area contributed by atoms with Gasteiger partial charge in [-0.3, -0.25) is 0 Å². The van der Waals surface area contributed by atoms with Crippen LogP contribution in [-0.4, -0.2) is 0 Å². The van der Waals surface area contributed by atoms with Crippen molar-refractivity contribution in [1.29, 1.82) is 0 Å². The summed E-state index contributed by atoms with van der Waals surface area (Å²) in [5, 5.41) is 2.64. The van der Waals surface area contributed by atoms with Crippen molar-refractivity contribution >= 4 is 31.5 Å². The lowest BCUT2D eigenvalue weighted by Crippen LogP contribution is -1.69. The summed E-state index contributed by atoms with van der Waals surface area (Å²) in [6.45, 7) is 2.13. The zero-order chi connectivity index (χ0) is 9.54. The molecule has 0 amide bonds. The summed E-state index contributed by atoms with van der Waals surface area (Å²) in [6, 6.07) is 16.8. The zero-order valence-electron chi connectivity index (χ0n) is 7.79. The molecule has 0 aliphatic rings. The summed E-state index contributed by atoms with van der Waals surface area (Å²) >= 11 is 1.78. The molecule has 0 radical (unpaired) electrons. The van der Waals surface area contributed by atoms with Crippen LogP contribution in [0.4, 0.5) is 0 Å². The number of fused-ring (bicyclic) bond motifs is 3. The lowest BCUT2D eigenvalue weighted by atomic mass is 10.1. The molecule has 0 atom stereocenters. The topological polar surface area (TPSA) is 0 Å². The molecule has 1 aromatic heterocycles. The van der Waals surface area contributed by atoms with Gasteiger partial charge in [0.2, 0.25) is 0 Å². The van der Waals surface area contributed by atoms with Crippen molar-refractivity contribution in [2.75, 3.05) is 0 Å². The third-order valence-electron chi connectivity index (χ3n) is 2.40. The molecule has 14 heavy (non-hydrogen) atoms. The van der Waals surface area contributed by atoms with Gasteiger partial charge < -0.3 is 0 Å². The minimum atomic E-state index is 1.20. The van der Waals surface area contributed by atoms with Crippen molar-refractivity contribution in [3.63, 3.8) is 0 Å². The van der Waals surface area contributed by atoms with E-state index in [1.165, 1.54) is 25.7 Å². The van der Waals surface area contributed by atoms with Crippen LogP contribution in [0, 0.1) is 19.1 Å². The van der Waals surface area contributed by atoms with Crippen molar-refractivity contribution in [2.24, 2.45) is 0 Å². The van der Waals surface area contributed by atoms with E-state index in [0.29, 0.717) is 0 Å². The van der Waals surface area contributed by atoms with E-state index >= 15 is 0 Å². The largest absolute Gasteiger partial charge is 0.126 e. The van der Waals surface area contributed by atoms with E-state index in [0.717, 1.165) is 0 Å². The van der Waals surface area contributed by atoms with Crippen LogP contribution in [0.15, 0.2) is 30.3 Å². The summed E-state index contributed by atoms with van der Waals surface area (Å²) in [5.41, 5.74) is 1.31. The second-order valence-electron chi connectivity index (χ2n) is 3.45. The first-order chi connectivity index (χ1) is 6.84. The van der Waals surface area contributed by atoms with Crippen LogP contribution in [0.1, 0.15) is 5.56 Å². The fourth-order valence-electron chi connectivity index (χ4n) is 1.72. The summed E-state index contributed by atoms with van der Waals surface area (Å²) in [7, 11) is 0. The predicted octanol–water partition coefficient (Wildman–Crippen LogP) is 3.96. The molecule has 3 aromatic rings. The monoisotopic (exact) mass is 196 g/mol. The van der Waals surface area contributed by atoms with E-state index in [1.807, 2.05) is 6.07 Å². The van der Waals surface area contributed by atoms with E-state index in [4.69, 9.17) is 0 Å². The molecule has 3 rings (SSSR count). The molecular formula is C13H8S. The standard InChI is InChI=1S/C13H8S/c1-9-6-7-13-11(8-9)10-4-2-3-5-12(10)14-13/h2,4,6-8H,1H3. The normalized spacial score (nSPS) is 10.6. The van der Waals surface area contributed by atoms with Crippen molar-refractivity contribution in [2.45, 2.75) is 6.92 Å². The third kappa shape index (κ3) is 1.01. The van der Waals surface area contributed by atoms with Gasteiger partial charge in [-0.1, -0.05) is 23.8 Å². The molecule has 0 nitrogen and oxygen atoms in total. The van der Waals surface area contributed by atoms with Crippen LogP contribution in [0.2, 0.25) is 0 Å². The van der Waals surface area contributed by atoms with Crippen LogP contribution in [-0.2, 0) is 0 Å². The molecule has 0 saturated heterocycles. The number of hydrogen-bond acceptors (Lipinski definition) is 1. The summed E-state index contributed by atoms with van der Waals surface area (Å²) in [4.78, 5) is 0. The molecule has 1 heteroatoms. The van der Waals surface area contributed by atoms with Gasteiger partial charge >= 0.3 is 0 Å². The first-order valence-electron chi connectivity index (χ1n) is 4.56. The molecule has 2 aromatic carbocycles. The van der Waals surface area contributed by atoms with Gasteiger partial charge in [0.15, 0.2) is 0 Å². The Morgan fingerprint density at radius 3 is 3.00 bits per heavy atom. The van der Waals surface area contributed by atoms with Crippen LogP contribution < -0.4 is 0 Å². The van der Waals surface area contributed by atoms with E-state index in [-0.39, 0.29) is 0 Å². The number of benzene rings is 1. The van der Waals surface area contributed by atoms with Crippen molar-refractivity contribution in [1.82, 2.24) is 0 Å². The van der Waals surface area contributed by atoms with Gasteiger partial charge in [0, 0.05) is 15.5 Å². The van der Waals surface area contributed by atoms with E-state index in [2.05, 4.69) is 43.3 Å². The smallest absolute Gasteiger partial charge is 0.0857 e. The molecule has 0 saturated carbocycles. The maximum Gasteiger partial charge on any atom is 0.0857 e. The maximum atomic E-state index is 3.15. The average molecular weight is 196 g/mol. The minimum absolute atomic E-state index is 1.20. The summed E-state index contributed by atoms with van der Waals surface area (Å²) in [5.74, 6) is 0. The highest BCUT2D eigenvalue weighted by molar-refractivity contribution is 7.25. The second kappa shape index (κ2) is 2.73. The molecule has 66 valence electrons. The van der Waals surface area contributed by atoms with Crippen LogP contribution in [0.3, 0.4) is 0 Å². The van der Waals surface area contributed by atoms with Gasteiger partial charge in [0.05, 0.1) is 4.70 Å². The molecule has 0 N–H and O–H groups in total. The van der Waals surface area contributed by atoms with Gasteiger partial charge in [-0.25, -0.2) is 0 Å². The van der Waals surface area contributed by atoms with Crippen molar-refractivity contribution in [3.05, 3.63) is 48.0 Å². The average Bonchev–Trinajstić information content (AvgIpc) is 2.56. The van der Waals surface area contributed by atoms with Crippen molar-refractivity contribution < 1.29 is 0 Å². The van der Waals surface area contributed by atoms with Crippen LogP contribution in [0.25, 0.3) is 20.2 Å². The highest BCUT2D eigenvalue weighted by Crippen LogP contribution is 2.32. The Hall–Kier alpha value is -1.52. The Balaban J connectivity index is 2.58. The summed E-state index contributed by atoms with van der Waals surface area (Å²) < 4.78 is 2.54. The van der Waals surface area contributed by atoms with Crippen molar-refractivity contribution in [3.8, 4) is 0 Å². The molecule has 0 aliphatic carbocycles. The molecule has 0 bridgehead atoms. The van der Waals surface area contributed by atoms with Gasteiger partial charge in [-0.2, -0.15) is 0 Å². The fraction of sp³-hybridized carbons (Fsp3) is 0.0769. The SMILES string of the molecule is Cc1ccc2sc3c#cccc3c2c1. The Bertz CT molecular complexity index is 605. The molecular weight excluding hydrogens is 188 g/mol. The first kappa shape index (κ1) is 7.84. The number of hydrogen-bond donors (Lipinski definition) is 0. The van der Waals surface area contributed by atoms with Gasteiger partial charge in [0.1, 0.15) is 0 Å². The second-order valence-corrected chi connectivity index (χ2v) is 4.50. The predicted molar refractivity (Wildman–Crippen MR) is 61.7 cm³/mol. The molecule has 0 aliphatic heterocycles. The number of rotatable bonds is 0. The number of thiophene rings is 1. The van der Waals surface area contributed by atoms with Crippen LogP contribution in [0.5, 0.6) is 0 Å². The quantitative estimate of drug-likeness (QED) is 0.510. The van der Waals surface area contributed by atoms with E-state index < -0.39 is 0 Å². The Morgan fingerprint density at radius 2 is 2.07 bits per heavy atom. The molecule has 1 heterocycles. The first-order valence-corrected chi connectivity index (χ1v) is 5.37. The Kier molecular flexibility index (Phi) is 1.53. The molecule has 0 fully saturated rings. The Morgan fingerprint density at radius 1 is 1.14 bits per heavy atom. The maximum absolute atomic E-state index is 3.15. The highest BCUT2D eigenvalue weighted by Gasteiger charge is 2.02. The van der Waals surface area contributed by atoms with E-state index in [9.17, 15) is 0 Å². The number of aryl methyl sites for hydroxylation is 1. The fourth-order valence-corrected chi connectivity index (χ4v) is 2.75. The zero-order valence-corrected chi connectivity index (χ0v) is 8.61.